The van der Waals surface area contributed by atoms with Gasteiger partial charge in [-0.1, -0.05) is 171 Å². The van der Waals surface area contributed by atoms with Gasteiger partial charge in [0.25, 0.3) is 6.33 Å². The second kappa shape index (κ2) is 16.5. The Kier molecular flexibility index (Phi) is 10.6. The zero-order valence-electron chi connectivity index (χ0n) is 39.2. The van der Waals surface area contributed by atoms with Gasteiger partial charge in [0.1, 0.15) is 17.3 Å². The van der Waals surface area contributed by atoms with Crippen LogP contribution in [0, 0.1) is 6.33 Å². The molecular weight excluding hydrogens is 805 g/mol. The van der Waals surface area contributed by atoms with Gasteiger partial charge in [0.15, 0.2) is 0 Å². The van der Waals surface area contributed by atoms with Crippen LogP contribution in [0.4, 0.5) is 0 Å². The molecule has 0 bridgehead atoms. The third kappa shape index (κ3) is 8.11. The van der Waals surface area contributed by atoms with Crippen molar-refractivity contribution in [1.29, 1.82) is 0 Å². The normalized spacial score (nSPS) is 12.2. The minimum atomic E-state index is -0.224. The van der Waals surface area contributed by atoms with Gasteiger partial charge in [0, 0.05) is 34.6 Å². The number of imidazole rings is 1. The highest BCUT2D eigenvalue weighted by Crippen LogP contribution is 2.39. The number of para-hydroxylation sites is 1. The molecule has 0 N–H and O–H groups in total. The number of pyridine rings is 1. The van der Waals surface area contributed by atoms with E-state index in [0.717, 1.165) is 67.3 Å². The van der Waals surface area contributed by atoms with Crippen LogP contribution in [0.5, 0.6) is 11.5 Å². The summed E-state index contributed by atoms with van der Waals surface area (Å²) in [6.07, 6.45) is 7.98. The summed E-state index contributed by atoms with van der Waals surface area (Å²) < 4.78 is 13.6. The molecule has 0 saturated heterocycles. The van der Waals surface area contributed by atoms with Crippen molar-refractivity contribution in [1.82, 2.24) is 14.1 Å². The van der Waals surface area contributed by atoms with E-state index in [4.69, 9.17) is 9.72 Å². The van der Waals surface area contributed by atoms with Crippen LogP contribution in [0.1, 0.15) is 77.8 Å². The maximum absolute atomic E-state index is 7.00. The Morgan fingerprint density at radius 2 is 1.12 bits per heavy atom. The van der Waals surface area contributed by atoms with E-state index in [1.165, 1.54) is 27.8 Å². The predicted octanol–water partition coefficient (Wildman–Crippen LogP) is 15.1. The largest absolute Gasteiger partial charge is 0.458 e. The average Bonchev–Trinajstić information content (AvgIpc) is 3.93. The molecule has 10 rings (SSSR count). The van der Waals surface area contributed by atoms with E-state index in [-0.39, 0.29) is 16.2 Å². The van der Waals surface area contributed by atoms with Crippen molar-refractivity contribution < 1.29 is 9.30 Å². The maximum atomic E-state index is 7.00. The van der Waals surface area contributed by atoms with Gasteiger partial charge in [-0.2, -0.15) is 0 Å². The lowest BCUT2D eigenvalue weighted by Crippen LogP contribution is -2.29. The first-order valence-electron chi connectivity index (χ1n) is 22.9. The molecule has 7 aromatic carbocycles. The van der Waals surface area contributed by atoms with Gasteiger partial charge in [-0.15, -0.1) is 0 Å². The van der Waals surface area contributed by atoms with Gasteiger partial charge >= 0.3 is 0 Å². The molecule has 5 nitrogen and oxygen atoms in total. The number of fused-ring (bicyclic) bond motifs is 3. The first-order chi connectivity index (χ1) is 31.7. The van der Waals surface area contributed by atoms with E-state index in [1.54, 1.807) is 0 Å². The zero-order chi connectivity index (χ0) is 45.8. The van der Waals surface area contributed by atoms with Gasteiger partial charge in [0.2, 0.25) is 0 Å². The monoisotopic (exact) mass is 860 g/mol. The van der Waals surface area contributed by atoms with Crippen LogP contribution in [0.2, 0.25) is 0 Å². The molecule has 0 radical (unpaired) electrons. The standard InChI is InChI=1S/C61H56N4O/c1-59(2,3)48-32-44(42-20-12-9-13-21-42)33-49(36-48)63-40-57(60(4,5)6)64(41-63)50-34-45(43-22-14-10-15-23-43)35-52(38-50)66-51-28-29-54-53-26-18-19-27-55(53)65(56(54)39-51)58-37-47(30-31-62-58)61(7,8)46-24-16-11-17-25-46/h9-40H,1-8H3. The van der Waals surface area contributed by atoms with Crippen LogP contribution in [-0.4, -0.2) is 14.1 Å². The number of benzene rings is 7. The average molecular weight is 861 g/mol. The lowest BCUT2D eigenvalue weighted by molar-refractivity contribution is -0.599. The molecule has 0 atom stereocenters. The lowest BCUT2D eigenvalue weighted by atomic mass is 9.78. The summed E-state index contributed by atoms with van der Waals surface area (Å²) in [5.41, 5.74) is 13.0. The predicted molar refractivity (Wildman–Crippen MR) is 272 cm³/mol. The van der Waals surface area contributed by atoms with E-state index in [2.05, 4.69) is 264 Å². The Hall–Kier alpha value is -7.50. The molecule has 0 aliphatic carbocycles. The smallest absolute Gasteiger partial charge is 0.269 e. The van der Waals surface area contributed by atoms with Crippen LogP contribution in [0.15, 0.2) is 194 Å². The molecule has 0 aliphatic heterocycles. The fraction of sp³-hybridized carbons (Fsp3) is 0.180. The van der Waals surface area contributed by atoms with Crippen molar-refractivity contribution in [2.24, 2.45) is 0 Å². The number of nitrogens with zero attached hydrogens (tertiary/aromatic N) is 4. The lowest BCUT2D eigenvalue weighted by Gasteiger charge is -2.26. The van der Waals surface area contributed by atoms with Gasteiger partial charge in [-0.3, -0.25) is 13.7 Å². The number of hydrogen-bond acceptors (Lipinski definition) is 2. The van der Waals surface area contributed by atoms with E-state index < -0.39 is 0 Å². The van der Waals surface area contributed by atoms with Crippen molar-refractivity contribution in [3.63, 3.8) is 0 Å². The second-order valence-electron chi connectivity index (χ2n) is 20.1. The van der Waals surface area contributed by atoms with Gasteiger partial charge in [-0.05, 0) is 110 Å². The van der Waals surface area contributed by atoms with Gasteiger partial charge in [0.05, 0.1) is 28.1 Å². The molecular formula is C61H56N4O. The minimum absolute atomic E-state index is 0.0526. The molecule has 66 heavy (non-hydrogen) atoms. The topological polar surface area (TPSA) is 35.9 Å². The van der Waals surface area contributed by atoms with Gasteiger partial charge < -0.3 is 4.74 Å². The van der Waals surface area contributed by atoms with Crippen LogP contribution >= 0.6 is 0 Å². The van der Waals surface area contributed by atoms with Crippen LogP contribution in [0.3, 0.4) is 0 Å². The number of rotatable bonds is 9. The Morgan fingerprint density at radius 1 is 0.485 bits per heavy atom. The number of hydrogen-bond donors (Lipinski definition) is 0. The summed E-state index contributed by atoms with van der Waals surface area (Å²) in [5.74, 6) is 2.33. The first-order valence-corrected chi connectivity index (χ1v) is 22.9. The summed E-state index contributed by atoms with van der Waals surface area (Å²) in [7, 11) is 0. The van der Waals surface area contributed by atoms with E-state index in [0.29, 0.717) is 0 Å². The molecule has 0 saturated carbocycles. The molecule has 0 unspecified atom stereocenters. The highest BCUT2D eigenvalue weighted by Gasteiger charge is 2.26. The van der Waals surface area contributed by atoms with Crippen molar-refractivity contribution in [3.05, 3.63) is 223 Å². The Balaban J connectivity index is 1.10. The summed E-state index contributed by atoms with van der Waals surface area (Å²) in [6.45, 7) is 18.2. The summed E-state index contributed by atoms with van der Waals surface area (Å²) in [4.78, 5) is 5.00. The second-order valence-corrected chi connectivity index (χ2v) is 20.1. The van der Waals surface area contributed by atoms with Crippen molar-refractivity contribution in [2.75, 3.05) is 0 Å². The number of ether oxygens (including phenoxy) is 1. The Morgan fingerprint density at radius 3 is 1.80 bits per heavy atom. The fourth-order valence-electron chi connectivity index (χ4n) is 9.13. The molecule has 0 aliphatic rings. The third-order valence-corrected chi connectivity index (χ3v) is 13.0. The van der Waals surface area contributed by atoms with Crippen molar-refractivity contribution in [3.8, 4) is 50.9 Å². The molecule has 10 aromatic rings. The van der Waals surface area contributed by atoms with Crippen LogP contribution in [0.25, 0.3) is 61.3 Å². The maximum Gasteiger partial charge on any atom is 0.269 e. The third-order valence-electron chi connectivity index (χ3n) is 13.0. The van der Waals surface area contributed by atoms with Crippen LogP contribution < -0.4 is 9.30 Å². The van der Waals surface area contributed by atoms with Crippen molar-refractivity contribution >= 4 is 21.8 Å². The fourth-order valence-corrected chi connectivity index (χ4v) is 9.13. The Labute approximate surface area is 389 Å². The molecule has 3 aromatic heterocycles. The molecule has 0 amide bonds. The summed E-state index contributed by atoms with van der Waals surface area (Å²) in [5, 5.41) is 2.30. The molecule has 5 heteroatoms. The molecule has 0 spiro atoms. The van der Waals surface area contributed by atoms with E-state index in [1.807, 2.05) is 6.20 Å². The van der Waals surface area contributed by atoms with Crippen LogP contribution in [-0.2, 0) is 16.2 Å². The highest BCUT2D eigenvalue weighted by atomic mass is 16.5. The summed E-state index contributed by atoms with van der Waals surface area (Å²) >= 11 is 0. The first kappa shape index (κ1) is 42.5. The molecule has 3 heterocycles. The molecule has 0 fully saturated rings. The molecule has 326 valence electrons. The SMILES string of the molecule is CC(C)(C)c1cc(-c2ccccc2)cc(-[n+]2[c-]n(-c3cc(Oc4ccc5c6ccccc6n(-c6cc(C(C)(C)c7ccccc7)ccn6)c5c4)cc(-c4ccccc4)c3)c(C(C)(C)C)c2)c1. The zero-order valence-corrected chi connectivity index (χ0v) is 39.2. The number of aromatic nitrogens is 4. The van der Waals surface area contributed by atoms with Gasteiger partial charge in [-0.25, -0.2) is 4.98 Å². The van der Waals surface area contributed by atoms with E-state index in [9.17, 15) is 0 Å². The van der Waals surface area contributed by atoms with Crippen molar-refractivity contribution in [2.45, 2.75) is 71.6 Å². The quantitative estimate of drug-likeness (QED) is 0.107. The minimum Gasteiger partial charge on any atom is -0.458 e. The van der Waals surface area contributed by atoms with E-state index >= 15 is 0 Å². The summed E-state index contributed by atoms with van der Waals surface area (Å²) in [6, 6.07) is 64.7. The highest BCUT2D eigenvalue weighted by molar-refractivity contribution is 6.09. The Bertz CT molecular complexity index is 3360.